The minimum absolute atomic E-state index is 0.805. The van der Waals surface area contributed by atoms with Crippen LogP contribution in [0, 0.1) is 6.92 Å². The summed E-state index contributed by atoms with van der Waals surface area (Å²) in [5, 5.41) is 0. The van der Waals surface area contributed by atoms with Crippen molar-refractivity contribution in [2.45, 2.75) is 25.5 Å². The molecule has 0 atom stereocenters. The number of aryl methyl sites for hydroxylation is 1. The molecule has 20 heavy (non-hydrogen) atoms. The van der Waals surface area contributed by atoms with Gasteiger partial charge in [0.15, 0.2) is 0 Å². The van der Waals surface area contributed by atoms with Gasteiger partial charge in [-0.15, -0.1) is 0 Å². The number of likely N-dealkylation sites (tertiary alicyclic amines) is 1. The molecule has 1 aliphatic heterocycles. The van der Waals surface area contributed by atoms with Crippen molar-refractivity contribution in [1.29, 1.82) is 0 Å². The lowest BCUT2D eigenvalue weighted by molar-refractivity contribution is 0.539. The van der Waals surface area contributed by atoms with Gasteiger partial charge in [-0.05, 0) is 31.9 Å². The lowest BCUT2D eigenvalue weighted by atomic mass is 10.2. The maximum Gasteiger partial charge on any atom is 0.136 e. The molecule has 0 saturated carbocycles. The zero-order valence-corrected chi connectivity index (χ0v) is 13.1. The van der Waals surface area contributed by atoms with Crippen LogP contribution in [0.2, 0.25) is 0 Å². The van der Waals surface area contributed by atoms with Crippen molar-refractivity contribution in [3.63, 3.8) is 0 Å². The fourth-order valence-corrected chi connectivity index (χ4v) is 3.64. The highest BCUT2D eigenvalue weighted by molar-refractivity contribution is 8.22. The van der Waals surface area contributed by atoms with Gasteiger partial charge in [0.1, 0.15) is 4.32 Å². The van der Waals surface area contributed by atoms with Crippen molar-refractivity contribution in [3.8, 4) is 0 Å². The molecule has 0 unspecified atom stereocenters. The molecule has 0 bridgehead atoms. The summed E-state index contributed by atoms with van der Waals surface area (Å²) >= 11 is 7.20. The second kappa shape index (κ2) is 6.06. The fourth-order valence-electron chi connectivity index (χ4n) is 2.38. The average Bonchev–Trinajstić information content (AvgIpc) is 2.99. The van der Waals surface area contributed by atoms with Gasteiger partial charge in [0, 0.05) is 18.8 Å². The predicted molar refractivity (Wildman–Crippen MR) is 89.0 cm³/mol. The van der Waals surface area contributed by atoms with E-state index in [1.807, 2.05) is 31.2 Å². The molecule has 0 radical (unpaired) electrons. The second-order valence-electron chi connectivity index (χ2n) is 4.99. The van der Waals surface area contributed by atoms with Gasteiger partial charge in [0.05, 0.1) is 22.4 Å². The van der Waals surface area contributed by atoms with Crippen molar-refractivity contribution in [3.05, 3.63) is 35.7 Å². The van der Waals surface area contributed by atoms with Crippen molar-refractivity contribution in [1.82, 2.24) is 14.9 Å². The predicted octanol–water partition coefficient (Wildman–Crippen LogP) is 3.55. The molecule has 3 rings (SSSR count). The summed E-state index contributed by atoms with van der Waals surface area (Å²) in [6.45, 7) is 4.23. The summed E-state index contributed by atoms with van der Waals surface area (Å²) in [6.07, 6.45) is 2.52. The maximum absolute atomic E-state index is 5.49. The molecule has 0 aliphatic carbocycles. The van der Waals surface area contributed by atoms with Gasteiger partial charge in [-0.1, -0.05) is 36.1 Å². The number of hydrogen-bond acceptors (Lipinski definition) is 4. The van der Waals surface area contributed by atoms with Gasteiger partial charge < -0.3 is 4.90 Å². The Morgan fingerprint density at radius 3 is 2.55 bits per heavy atom. The number of thiocarbonyl (C=S) groups is 1. The van der Waals surface area contributed by atoms with E-state index < -0.39 is 0 Å². The fraction of sp³-hybridized carbons (Fsp3) is 0.400. The monoisotopic (exact) mass is 303 g/mol. The molecule has 3 nitrogen and oxygen atoms in total. The topological polar surface area (TPSA) is 29.0 Å². The number of benzene rings is 1. The Kier molecular flexibility index (Phi) is 4.17. The van der Waals surface area contributed by atoms with Crippen molar-refractivity contribution in [2.75, 3.05) is 13.1 Å². The Hall–Kier alpha value is -1.20. The van der Waals surface area contributed by atoms with Gasteiger partial charge in [-0.3, -0.25) is 0 Å². The Bertz CT molecular complexity index is 636. The van der Waals surface area contributed by atoms with E-state index in [2.05, 4.69) is 9.88 Å². The molecule has 0 N–H and O–H groups in total. The number of hydrogen-bond donors (Lipinski definition) is 0. The lowest BCUT2D eigenvalue weighted by Gasteiger charge is -2.17. The third kappa shape index (κ3) is 2.94. The largest absolute Gasteiger partial charge is 0.358 e. The van der Waals surface area contributed by atoms with Crippen LogP contribution >= 0.6 is 24.0 Å². The molecule has 2 aromatic rings. The Morgan fingerprint density at radius 1 is 1.20 bits per heavy atom. The summed E-state index contributed by atoms with van der Waals surface area (Å²) < 4.78 is 0.997. The molecule has 1 saturated heterocycles. The lowest BCUT2D eigenvalue weighted by Crippen LogP contribution is -2.23. The van der Waals surface area contributed by atoms with Crippen molar-refractivity contribution >= 4 is 39.3 Å². The Labute approximate surface area is 128 Å². The summed E-state index contributed by atoms with van der Waals surface area (Å²) in [6, 6.07) is 8.00. The van der Waals surface area contributed by atoms with E-state index in [4.69, 9.17) is 17.2 Å². The van der Waals surface area contributed by atoms with E-state index in [1.54, 1.807) is 11.8 Å². The van der Waals surface area contributed by atoms with Crippen LogP contribution < -0.4 is 0 Å². The van der Waals surface area contributed by atoms with Gasteiger partial charge >= 0.3 is 0 Å². The standard InChI is InChI=1S/C15H17N3S2/c1-11-14(10-20-15(19)18-8-4-5-9-18)17-13-7-3-2-6-12(13)16-11/h2-3,6-7H,4-5,8-10H2,1H3. The Balaban J connectivity index is 1.73. The maximum atomic E-state index is 5.49. The van der Waals surface area contributed by atoms with Crippen LogP contribution in [0.15, 0.2) is 24.3 Å². The second-order valence-corrected chi connectivity index (χ2v) is 6.60. The van der Waals surface area contributed by atoms with Crippen LogP contribution in [0.4, 0.5) is 0 Å². The normalized spacial score (nSPS) is 14.9. The number of para-hydroxylation sites is 2. The van der Waals surface area contributed by atoms with Crippen molar-refractivity contribution < 1.29 is 0 Å². The van der Waals surface area contributed by atoms with Crippen LogP contribution in [-0.2, 0) is 5.75 Å². The molecule has 1 aromatic heterocycles. The van der Waals surface area contributed by atoms with E-state index in [0.29, 0.717) is 0 Å². The molecule has 0 spiro atoms. The third-order valence-corrected chi connectivity index (χ3v) is 5.07. The first-order chi connectivity index (χ1) is 9.74. The van der Waals surface area contributed by atoms with Crippen LogP contribution in [0.5, 0.6) is 0 Å². The number of rotatable bonds is 2. The molecule has 5 heteroatoms. The first-order valence-corrected chi connectivity index (χ1v) is 8.27. The van der Waals surface area contributed by atoms with E-state index in [9.17, 15) is 0 Å². The van der Waals surface area contributed by atoms with Crippen molar-refractivity contribution in [2.24, 2.45) is 0 Å². The molecule has 1 aliphatic rings. The first-order valence-electron chi connectivity index (χ1n) is 6.88. The first kappa shape index (κ1) is 13.8. The summed E-state index contributed by atoms with van der Waals surface area (Å²) in [4.78, 5) is 11.6. The number of nitrogens with zero attached hydrogens (tertiary/aromatic N) is 3. The number of thioether (sulfide) groups is 1. The zero-order chi connectivity index (χ0) is 13.9. The van der Waals surface area contributed by atoms with E-state index in [0.717, 1.165) is 45.6 Å². The minimum Gasteiger partial charge on any atom is -0.358 e. The SMILES string of the molecule is Cc1nc2ccccc2nc1CSC(=S)N1CCCC1. The van der Waals surface area contributed by atoms with Gasteiger partial charge in [-0.25, -0.2) is 9.97 Å². The van der Waals surface area contributed by atoms with Gasteiger partial charge in [0.25, 0.3) is 0 Å². The number of aromatic nitrogens is 2. The highest BCUT2D eigenvalue weighted by atomic mass is 32.2. The number of fused-ring (bicyclic) bond motifs is 1. The van der Waals surface area contributed by atoms with E-state index >= 15 is 0 Å². The van der Waals surface area contributed by atoms with Crippen LogP contribution in [-0.4, -0.2) is 32.3 Å². The highest BCUT2D eigenvalue weighted by Gasteiger charge is 2.16. The van der Waals surface area contributed by atoms with Crippen LogP contribution in [0.1, 0.15) is 24.2 Å². The smallest absolute Gasteiger partial charge is 0.136 e. The van der Waals surface area contributed by atoms with E-state index in [-0.39, 0.29) is 0 Å². The van der Waals surface area contributed by atoms with Crippen LogP contribution in [0.25, 0.3) is 11.0 Å². The summed E-state index contributed by atoms with van der Waals surface area (Å²) in [7, 11) is 0. The average molecular weight is 303 g/mol. The van der Waals surface area contributed by atoms with E-state index in [1.165, 1.54) is 12.8 Å². The summed E-state index contributed by atoms with van der Waals surface area (Å²) in [5.41, 5.74) is 3.96. The molecule has 1 aromatic carbocycles. The molecular weight excluding hydrogens is 286 g/mol. The molecule has 0 amide bonds. The molecule has 2 heterocycles. The highest BCUT2D eigenvalue weighted by Crippen LogP contribution is 2.21. The van der Waals surface area contributed by atoms with Gasteiger partial charge in [-0.2, -0.15) is 0 Å². The molecule has 104 valence electrons. The summed E-state index contributed by atoms with van der Waals surface area (Å²) in [5.74, 6) is 0.805. The van der Waals surface area contributed by atoms with Gasteiger partial charge in [0.2, 0.25) is 0 Å². The minimum atomic E-state index is 0.805. The third-order valence-electron chi connectivity index (χ3n) is 3.54. The molecular formula is C15H17N3S2. The Morgan fingerprint density at radius 2 is 1.85 bits per heavy atom. The zero-order valence-electron chi connectivity index (χ0n) is 11.5. The van der Waals surface area contributed by atoms with Crippen LogP contribution in [0.3, 0.4) is 0 Å². The quantitative estimate of drug-likeness (QED) is 0.791. The molecule has 1 fully saturated rings.